The van der Waals surface area contributed by atoms with Gasteiger partial charge in [0.15, 0.2) is 6.10 Å². The Bertz CT molecular complexity index is 1800. The smallest absolute Gasteiger partial charge is 0.462 e. The first-order chi connectivity index (χ1) is 36.2. The second kappa shape index (κ2) is 54.6. The van der Waals surface area contributed by atoms with E-state index in [1.54, 1.807) is 0 Å². The minimum absolute atomic E-state index is 0.108. The number of hydrogen-bond donors (Lipinski definition) is 2. The van der Waals surface area contributed by atoms with Gasteiger partial charge >= 0.3 is 25.7 Å². The Kier molecular flexibility index (Phi) is 51.2. The molecular weight excluding hydrogens is 952 g/mol. The summed E-state index contributed by atoms with van der Waals surface area (Å²) in [6.45, 7) is 4.14. The normalized spacial score (nSPS) is 14.5. The monoisotopic (exact) mass is 1050 g/mol. The summed E-state index contributed by atoms with van der Waals surface area (Å²) in [5.74, 6) is -1.61. The number of carbonyl (C=O) groups is 3. The first-order valence-corrected chi connectivity index (χ1v) is 29.2. The number of phosphoric acid groups is 1. The molecule has 0 radical (unpaired) electrons. The topological polar surface area (TPSA) is 155 Å². The van der Waals surface area contributed by atoms with Crippen molar-refractivity contribution in [2.45, 2.75) is 200 Å². The van der Waals surface area contributed by atoms with E-state index < -0.39 is 57.8 Å². The van der Waals surface area contributed by atoms with Gasteiger partial charge in [0.25, 0.3) is 0 Å². The molecule has 0 bridgehead atoms. The van der Waals surface area contributed by atoms with Crippen LogP contribution in [-0.4, -0.2) is 66.5 Å². The Hall–Kier alpha value is -4.64. The number of phosphoric ester groups is 1. The maximum absolute atomic E-state index is 12.9. The lowest BCUT2D eigenvalue weighted by Crippen LogP contribution is -2.30. The van der Waals surface area contributed by atoms with Crippen LogP contribution in [0.4, 0.5) is 0 Å². The number of hydrogen-bond acceptors (Lipinski definition) is 10. The standard InChI is InChI=1S/C62H97O11P/c1-4-7-10-13-16-19-22-25-27-28-29-30-32-35-38-41-44-47-50-53-62(66)73-59(55-69-60(64)51-48-45-42-39-36-34-31-26-23-20-17-14-11-8-5-2)57-71-74(67,68)70-56-58(54-63)72-61(65)52-49-46-43-40-37-33-24-21-18-15-12-9-6-3/h7-12,16-21,25-27,29-31,33,35-39,58-59,63H,4-6,13-15,22-24,28,32,34,40-57H2,1-3H3,(H,67,68)/b10-7-,11-8-,12-9-,19-16-,20-17-,21-18-,27-25-,30-29-,31-26-,37-33-,38-35-,39-36-. The van der Waals surface area contributed by atoms with Crippen LogP contribution < -0.4 is 0 Å². The molecule has 2 N–H and O–H groups in total. The lowest BCUT2D eigenvalue weighted by molar-refractivity contribution is -0.161. The Balaban J connectivity index is 4.91. The van der Waals surface area contributed by atoms with Crippen molar-refractivity contribution in [2.24, 2.45) is 0 Å². The fourth-order valence-corrected chi connectivity index (χ4v) is 7.40. The molecule has 3 atom stereocenters. The van der Waals surface area contributed by atoms with Crippen LogP contribution in [0.2, 0.25) is 0 Å². The van der Waals surface area contributed by atoms with E-state index in [0.29, 0.717) is 19.3 Å². The second-order valence-corrected chi connectivity index (χ2v) is 19.1. The van der Waals surface area contributed by atoms with Crippen molar-refractivity contribution in [2.75, 3.05) is 26.4 Å². The summed E-state index contributed by atoms with van der Waals surface area (Å²) in [6.07, 6.45) is 69.6. The summed E-state index contributed by atoms with van der Waals surface area (Å²) in [5, 5.41) is 9.79. The van der Waals surface area contributed by atoms with Gasteiger partial charge in [-0.15, -0.1) is 0 Å². The van der Waals surface area contributed by atoms with Gasteiger partial charge < -0.3 is 24.2 Å². The van der Waals surface area contributed by atoms with Crippen LogP contribution in [0.15, 0.2) is 146 Å². The van der Waals surface area contributed by atoms with Crippen LogP contribution in [-0.2, 0) is 42.2 Å². The quantitative estimate of drug-likeness (QED) is 0.0197. The van der Waals surface area contributed by atoms with E-state index in [1.807, 2.05) is 0 Å². The van der Waals surface area contributed by atoms with Crippen molar-refractivity contribution in [1.82, 2.24) is 0 Å². The molecule has 0 aliphatic carbocycles. The van der Waals surface area contributed by atoms with Crippen LogP contribution in [0.1, 0.15) is 188 Å². The van der Waals surface area contributed by atoms with E-state index in [2.05, 4.69) is 167 Å². The average Bonchev–Trinajstić information content (AvgIpc) is 3.39. The van der Waals surface area contributed by atoms with Crippen molar-refractivity contribution in [3.8, 4) is 0 Å². The lowest BCUT2D eigenvalue weighted by atomic mass is 10.1. The highest BCUT2D eigenvalue weighted by Crippen LogP contribution is 2.43. The van der Waals surface area contributed by atoms with Gasteiger partial charge in [0, 0.05) is 19.3 Å². The van der Waals surface area contributed by atoms with E-state index in [1.165, 1.54) is 0 Å². The van der Waals surface area contributed by atoms with Crippen molar-refractivity contribution in [3.05, 3.63) is 146 Å². The zero-order valence-corrected chi connectivity index (χ0v) is 46.6. The van der Waals surface area contributed by atoms with Gasteiger partial charge in [-0.1, -0.05) is 179 Å². The molecule has 3 unspecified atom stereocenters. The third-order valence-electron chi connectivity index (χ3n) is 10.7. The fourth-order valence-electron chi connectivity index (χ4n) is 6.62. The molecule has 0 aromatic heterocycles. The highest BCUT2D eigenvalue weighted by molar-refractivity contribution is 7.47. The van der Waals surface area contributed by atoms with E-state index in [4.69, 9.17) is 23.3 Å². The van der Waals surface area contributed by atoms with Crippen LogP contribution in [0.25, 0.3) is 0 Å². The molecule has 0 rings (SSSR count). The maximum Gasteiger partial charge on any atom is 0.472 e. The summed E-state index contributed by atoms with van der Waals surface area (Å²) in [4.78, 5) is 48.5. The van der Waals surface area contributed by atoms with Crippen molar-refractivity contribution in [1.29, 1.82) is 0 Å². The van der Waals surface area contributed by atoms with E-state index in [-0.39, 0.29) is 25.9 Å². The van der Waals surface area contributed by atoms with E-state index in [9.17, 15) is 28.9 Å². The number of ether oxygens (including phenoxy) is 3. The van der Waals surface area contributed by atoms with Gasteiger partial charge in [-0.2, -0.15) is 0 Å². The van der Waals surface area contributed by atoms with Gasteiger partial charge in [0.1, 0.15) is 12.7 Å². The van der Waals surface area contributed by atoms with Gasteiger partial charge in [0.2, 0.25) is 0 Å². The number of unbranched alkanes of at least 4 members (excludes halogenated alkanes) is 8. The molecule has 12 heteroatoms. The van der Waals surface area contributed by atoms with Crippen LogP contribution >= 0.6 is 7.82 Å². The second-order valence-electron chi connectivity index (χ2n) is 17.6. The first-order valence-electron chi connectivity index (χ1n) is 27.7. The molecule has 0 saturated carbocycles. The summed E-state index contributed by atoms with van der Waals surface area (Å²) in [6, 6.07) is 0. The van der Waals surface area contributed by atoms with Crippen molar-refractivity contribution < 1.29 is 52.2 Å². The lowest BCUT2D eigenvalue weighted by Gasteiger charge is -2.21. The predicted molar refractivity (Wildman–Crippen MR) is 306 cm³/mol. The molecule has 0 fully saturated rings. The number of esters is 3. The third-order valence-corrected chi connectivity index (χ3v) is 11.7. The highest BCUT2D eigenvalue weighted by atomic mass is 31.2. The molecule has 74 heavy (non-hydrogen) atoms. The summed E-state index contributed by atoms with van der Waals surface area (Å²) < 4.78 is 39.4. The average molecular weight is 1050 g/mol. The Morgan fingerprint density at radius 3 is 1.01 bits per heavy atom. The minimum atomic E-state index is -4.78. The van der Waals surface area contributed by atoms with Gasteiger partial charge in [0.05, 0.1) is 19.8 Å². The molecule has 0 aliphatic heterocycles. The fraction of sp³-hybridized carbons (Fsp3) is 0.565. The predicted octanol–water partition coefficient (Wildman–Crippen LogP) is 16.4. The van der Waals surface area contributed by atoms with Crippen LogP contribution in [0, 0.1) is 0 Å². The number of rotatable bonds is 49. The van der Waals surface area contributed by atoms with E-state index in [0.717, 1.165) is 128 Å². The van der Waals surface area contributed by atoms with Crippen LogP contribution in [0.5, 0.6) is 0 Å². The largest absolute Gasteiger partial charge is 0.472 e. The SMILES string of the molecule is CC/C=C\C/C=C\C/C=C\C/C=C\C/C=C\CCCCCC(=O)OC(COC(=O)CCCC/C=C\C/C=C\C/C=C\C/C=C\CC)COP(=O)(O)OCC(CO)OC(=O)CCCCC/C=C\C/C=C\C/C=C\CC. The molecule has 0 amide bonds. The Labute approximate surface area is 448 Å². The van der Waals surface area contributed by atoms with Gasteiger partial charge in [-0.05, 0) is 135 Å². The molecule has 11 nitrogen and oxygen atoms in total. The zero-order chi connectivity index (χ0) is 54.1. The molecule has 0 saturated heterocycles. The summed E-state index contributed by atoms with van der Waals surface area (Å²) in [7, 11) is -4.78. The Morgan fingerprint density at radius 2 is 0.662 bits per heavy atom. The molecule has 0 aromatic rings. The summed E-state index contributed by atoms with van der Waals surface area (Å²) >= 11 is 0. The zero-order valence-electron chi connectivity index (χ0n) is 45.7. The number of allylic oxidation sites excluding steroid dienone is 24. The minimum Gasteiger partial charge on any atom is -0.462 e. The molecule has 416 valence electrons. The summed E-state index contributed by atoms with van der Waals surface area (Å²) in [5.41, 5.74) is 0. The van der Waals surface area contributed by atoms with Crippen molar-refractivity contribution in [3.63, 3.8) is 0 Å². The molecule has 0 spiro atoms. The maximum atomic E-state index is 12.9. The first kappa shape index (κ1) is 69.4. The number of carbonyl (C=O) groups excluding carboxylic acids is 3. The van der Waals surface area contributed by atoms with Gasteiger partial charge in [-0.25, -0.2) is 4.57 Å². The highest BCUT2D eigenvalue weighted by Gasteiger charge is 2.28. The number of aliphatic hydroxyl groups excluding tert-OH is 1. The Morgan fingerprint density at radius 1 is 0.378 bits per heavy atom. The molecule has 0 aromatic carbocycles. The van der Waals surface area contributed by atoms with E-state index >= 15 is 0 Å². The number of aliphatic hydroxyl groups is 1. The third kappa shape index (κ3) is 52.2. The molecular formula is C62H97O11P. The van der Waals surface area contributed by atoms with Gasteiger partial charge in [-0.3, -0.25) is 23.4 Å². The van der Waals surface area contributed by atoms with Crippen molar-refractivity contribution >= 4 is 25.7 Å². The molecule has 0 aliphatic rings. The molecule has 0 heterocycles. The van der Waals surface area contributed by atoms with Crippen LogP contribution in [0.3, 0.4) is 0 Å².